The van der Waals surface area contributed by atoms with E-state index in [1.165, 1.54) is 81.9 Å². The quantitative estimate of drug-likeness (QED) is 0.716. The lowest BCUT2D eigenvalue weighted by Crippen LogP contribution is -2.30. The monoisotopic (exact) mass is 393 g/mol. The fourth-order valence-electron chi connectivity index (χ4n) is 5.62. The number of anilines is 1. The van der Waals surface area contributed by atoms with Gasteiger partial charge >= 0.3 is 0 Å². The van der Waals surface area contributed by atoms with E-state index in [2.05, 4.69) is 15.4 Å². The summed E-state index contributed by atoms with van der Waals surface area (Å²) in [7, 11) is 2.05. The van der Waals surface area contributed by atoms with Gasteiger partial charge in [-0.25, -0.2) is 9.97 Å². The van der Waals surface area contributed by atoms with Crippen LogP contribution in [0.25, 0.3) is 11.3 Å². The normalized spacial score (nSPS) is 25.8. The molecule has 0 aromatic carbocycles. The maximum absolute atomic E-state index is 4.87. The van der Waals surface area contributed by atoms with Crippen LogP contribution in [0.15, 0.2) is 18.5 Å². The summed E-state index contributed by atoms with van der Waals surface area (Å²) >= 11 is 0. The third kappa shape index (κ3) is 4.49. The SMILES string of the molecule is Cn1ncc(-c2ccnc(N[C@H]3CC[C@H](C4CCCCC4)CC3)n2)c1CC1CC1. The Morgan fingerprint density at radius 2 is 1.72 bits per heavy atom. The largest absolute Gasteiger partial charge is 0.351 e. The molecule has 2 aromatic heterocycles. The molecule has 156 valence electrons. The van der Waals surface area contributed by atoms with E-state index in [0.717, 1.165) is 35.8 Å². The van der Waals surface area contributed by atoms with E-state index in [-0.39, 0.29) is 0 Å². The van der Waals surface area contributed by atoms with Gasteiger partial charge in [0.05, 0.1) is 11.9 Å². The summed E-state index contributed by atoms with van der Waals surface area (Å²) in [5.41, 5.74) is 3.48. The van der Waals surface area contributed by atoms with E-state index in [9.17, 15) is 0 Å². The number of rotatable bonds is 6. The molecule has 0 saturated heterocycles. The molecule has 0 atom stereocenters. The summed E-state index contributed by atoms with van der Waals surface area (Å²) in [4.78, 5) is 9.40. The van der Waals surface area contributed by atoms with E-state index in [1.807, 2.05) is 30.2 Å². The Kier molecular flexibility index (Phi) is 5.56. The second kappa shape index (κ2) is 8.45. The van der Waals surface area contributed by atoms with Crippen LogP contribution in [0, 0.1) is 17.8 Å². The predicted molar refractivity (Wildman–Crippen MR) is 117 cm³/mol. The maximum atomic E-state index is 4.87. The fraction of sp³-hybridized carbons (Fsp3) is 0.708. The highest BCUT2D eigenvalue weighted by atomic mass is 15.3. The standard InChI is InChI=1S/C24H35N5/c1-29-23(15-17-7-8-17)21(16-26-29)22-13-14-25-24(28-22)27-20-11-9-19(10-12-20)18-5-3-2-4-6-18/h13-14,16-20H,2-12,15H2,1H3,(H,25,27,28)/t19-,20-. The van der Waals surface area contributed by atoms with Gasteiger partial charge in [0.25, 0.3) is 0 Å². The lowest BCUT2D eigenvalue weighted by atomic mass is 9.72. The van der Waals surface area contributed by atoms with E-state index < -0.39 is 0 Å². The molecule has 3 fully saturated rings. The van der Waals surface area contributed by atoms with E-state index in [1.54, 1.807) is 0 Å². The van der Waals surface area contributed by atoms with Crippen molar-refractivity contribution in [2.24, 2.45) is 24.8 Å². The first-order valence-corrected chi connectivity index (χ1v) is 11.9. The van der Waals surface area contributed by atoms with Gasteiger partial charge in [0.15, 0.2) is 0 Å². The van der Waals surface area contributed by atoms with Crippen LogP contribution in [-0.2, 0) is 13.5 Å². The van der Waals surface area contributed by atoms with Crippen LogP contribution >= 0.6 is 0 Å². The molecule has 0 bridgehead atoms. The number of hydrogen-bond acceptors (Lipinski definition) is 4. The zero-order chi connectivity index (χ0) is 19.6. The highest BCUT2D eigenvalue weighted by Crippen LogP contribution is 2.39. The molecule has 5 nitrogen and oxygen atoms in total. The highest BCUT2D eigenvalue weighted by molar-refractivity contribution is 5.62. The van der Waals surface area contributed by atoms with Gasteiger partial charge < -0.3 is 5.32 Å². The lowest BCUT2D eigenvalue weighted by Gasteiger charge is -2.36. The van der Waals surface area contributed by atoms with Gasteiger partial charge in [0.1, 0.15) is 0 Å². The Hall–Kier alpha value is -1.91. The van der Waals surface area contributed by atoms with Crippen LogP contribution in [0.5, 0.6) is 0 Å². The zero-order valence-electron chi connectivity index (χ0n) is 17.8. The number of nitrogens with one attached hydrogen (secondary N) is 1. The molecule has 1 N–H and O–H groups in total. The molecule has 3 aliphatic rings. The summed E-state index contributed by atoms with van der Waals surface area (Å²) in [5.74, 6) is 3.58. The molecule has 2 aromatic rings. The molecule has 0 radical (unpaired) electrons. The Bertz CT molecular complexity index is 810. The van der Waals surface area contributed by atoms with Gasteiger partial charge in [0, 0.05) is 30.5 Å². The highest BCUT2D eigenvalue weighted by Gasteiger charge is 2.29. The van der Waals surface area contributed by atoms with Crippen LogP contribution in [-0.4, -0.2) is 25.8 Å². The van der Waals surface area contributed by atoms with Gasteiger partial charge in [-0.15, -0.1) is 0 Å². The Labute approximate surface area is 174 Å². The summed E-state index contributed by atoms with van der Waals surface area (Å²) in [6, 6.07) is 2.54. The van der Waals surface area contributed by atoms with Crippen LogP contribution in [0.2, 0.25) is 0 Å². The van der Waals surface area contributed by atoms with Crippen molar-refractivity contribution >= 4 is 5.95 Å². The van der Waals surface area contributed by atoms with Crippen LogP contribution < -0.4 is 5.32 Å². The molecule has 29 heavy (non-hydrogen) atoms. The van der Waals surface area contributed by atoms with Crippen molar-refractivity contribution in [2.45, 2.75) is 83.1 Å². The second-order valence-electron chi connectivity index (χ2n) is 9.70. The van der Waals surface area contributed by atoms with Gasteiger partial charge in [-0.2, -0.15) is 5.10 Å². The summed E-state index contributed by atoms with van der Waals surface area (Å²) < 4.78 is 2.02. The molecule has 0 unspecified atom stereocenters. The van der Waals surface area contributed by atoms with Gasteiger partial charge in [-0.05, 0) is 68.8 Å². The molecular formula is C24H35N5. The summed E-state index contributed by atoms with van der Waals surface area (Å²) in [6.45, 7) is 0. The van der Waals surface area contributed by atoms with Crippen LogP contribution in [0.3, 0.4) is 0 Å². The molecule has 0 amide bonds. The molecule has 5 heteroatoms. The first-order chi connectivity index (χ1) is 14.3. The van der Waals surface area contributed by atoms with Crippen molar-refractivity contribution < 1.29 is 0 Å². The van der Waals surface area contributed by atoms with Gasteiger partial charge in [-0.1, -0.05) is 32.1 Å². The minimum Gasteiger partial charge on any atom is -0.351 e. The first kappa shape index (κ1) is 19.1. The molecule has 3 aliphatic carbocycles. The number of aryl methyl sites for hydroxylation is 1. The molecular weight excluding hydrogens is 358 g/mol. The predicted octanol–water partition coefficient (Wildman–Crippen LogP) is 5.38. The fourth-order valence-corrected chi connectivity index (χ4v) is 5.62. The van der Waals surface area contributed by atoms with E-state index in [0.29, 0.717) is 6.04 Å². The zero-order valence-corrected chi connectivity index (χ0v) is 17.8. The lowest BCUT2D eigenvalue weighted by molar-refractivity contribution is 0.190. The number of hydrogen-bond donors (Lipinski definition) is 1. The summed E-state index contributed by atoms with van der Waals surface area (Å²) in [5, 5.41) is 8.15. The Balaban J connectivity index is 1.22. The molecule has 2 heterocycles. The molecule has 3 saturated carbocycles. The molecule has 0 spiro atoms. The Morgan fingerprint density at radius 3 is 2.48 bits per heavy atom. The number of nitrogens with zero attached hydrogens (tertiary/aromatic N) is 4. The van der Waals surface area contributed by atoms with Crippen LogP contribution in [0.4, 0.5) is 5.95 Å². The van der Waals surface area contributed by atoms with Crippen molar-refractivity contribution in [3.63, 3.8) is 0 Å². The van der Waals surface area contributed by atoms with Crippen LogP contribution in [0.1, 0.15) is 76.3 Å². The first-order valence-electron chi connectivity index (χ1n) is 11.9. The second-order valence-corrected chi connectivity index (χ2v) is 9.70. The minimum absolute atomic E-state index is 0.518. The third-order valence-corrected chi connectivity index (χ3v) is 7.59. The van der Waals surface area contributed by atoms with Crippen molar-refractivity contribution in [3.8, 4) is 11.3 Å². The molecule has 5 rings (SSSR count). The Morgan fingerprint density at radius 1 is 0.966 bits per heavy atom. The average molecular weight is 394 g/mol. The average Bonchev–Trinajstić information content (AvgIpc) is 3.51. The van der Waals surface area contributed by atoms with Crippen molar-refractivity contribution in [2.75, 3.05) is 5.32 Å². The molecule has 0 aliphatic heterocycles. The van der Waals surface area contributed by atoms with Gasteiger partial charge in [0.2, 0.25) is 5.95 Å². The topological polar surface area (TPSA) is 55.6 Å². The maximum Gasteiger partial charge on any atom is 0.223 e. The number of aromatic nitrogens is 4. The van der Waals surface area contributed by atoms with Gasteiger partial charge in [-0.3, -0.25) is 4.68 Å². The smallest absolute Gasteiger partial charge is 0.223 e. The van der Waals surface area contributed by atoms with Crippen molar-refractivity contribution in [1.29, 1.82) is 0 Å². The van der Waals surface area contributed by atoms with E-state index in [4.69, 9.17) is 4.98 Å². The third-order valence-electron chi connectivity index (χ3n) is 7.59. The van der Waals surface area contributed by atoms with E-state index >= 15 is 0 Å². The minimum atomic E-state index is 0.518. The van der Waals surface area contributed by atoms with Crippen molar-refractivity contribution in [1.82, 2.24) is 19.7 Å². The van der Waals surface area contributed by atoms with Crippen molar-refractivity contribution in [3.05, 3.63) is 24.2 Å². The summed E-state index contributed by atoms with van der Waals surface area (Å²) in [6.07, 6.45) is 20.3.